The van der Waals surface area contributed by atoms with E-state index in [1.54, 1.807) is 0 Å². The van der Waals surface area contributed by atoms with E-state index in [1.165, 1.54) is 11.3 Å². The monoisotopic (exact) mass is 237 g/mol. The number of aliphatic hydroxyl groups is 1. The lowest BCUT2D eigenvalue weighted by Gasteiger charge is -2.22. The van der Waals surface area contributed by atoms with Gasteiger partial charge < -0.3 is 5.11 Å². The first-order valence-corrected chi connectivity index (χ1v) is 6.91. The molecule has 1 heterocycles. The maximum atomic E-state index is 9.20. The lowest BCUT2D eigenvalue weighted by molar-refractivity contribution is 0.165. The molecule has 88 valence electrons. The van der Waals surface area contributed by atoms with Gasteiger partial charge in [0.2, 0.25) is 0 Å². The molecule has 1 atom stereocenters. The quantitative estimate of drug-likeness (QED) is 0.794. The molecular formula is C13H19NOS. The molecule has 2 nitrogen and oxygen atoms in total. The third-order valence-corrected chi connectivity index (χ3v) is 4.09. The van der Waals surface area contributed by atoms with Gasteiger partial charge in [0.15, 0.2) is 0 Å². The zero-order chi connectivity index (χ0) is 11.2. The van der Waals surface area contributed by atoms with Crippen molar-refractivity contribution >= 4 is 11.8 Å². The van der Waals surface area contributed by atoms with Gasteiger partial charge >= 0.3 is 0 Å². The van der Waals surface area contributed by atoms with E-state index in [0.29, 0.717) is 12.6 Å². The van der Waals surface area contributed by atoms with Crippen LogP contribution in [0.4, 0.5) is 0 Å². The van der Waals surface area contributed by atoms with Crippen LogP contribution >= 0.6 is 11.8 Å². The number of aliphatic hydroxyl groups excluding tert-OH is 1. The largest absolute Gasteiger partial charge is 0.395 e. The average molecular weight is 237 g/mol. The van der Waals surface area contributed by atoms with Crippen molar-refractivity contribution in [3.05, 3.63) is 30.3 Å². The van der Waals surface area contributed by atoms with Crippen LogP contribution in [-0.2, 0) is 0 Å². The topological polar surface area (TPSA) is 23.5 Å². The Bertz CT molecular complexity index is 304. The van der Waals surface area contributed by atoms with E-state index >= 15 is 0 Å². The molecule has 0 radical (unpaired) electrons. The zero-order valence-electron chi connectivity index (χ0n) is 9.51. The van der Waals surface area contributed by atoms with E-state index in [-0.39, 0.29) is 0 Å². The van der Waals surface area contributed by atoms with Crippen LogP contribution in [0.25, 0.3) is 0 Å². The number of hydrogen-bond acceptors (Lipinski definition) is 3. The summed E-state index contributed by atoms with van der Waals surface area (Å²) >= 11 is 1.90. The first kappa shape index (κ1) is 12.0. The van der Waals surface area contributed by atoms with E-state index in [1.807, 2.05) is 17.8 Å². The molecule has 0 aliphatic carbocycles. The number of hydrogen-bond donors (Lipinski definition) is 1. The molecule has 0 saturated carbocycles. The SMILES string of the molecule is OC[C@H]1CCCN1CCSc1ccccc1. The van der Waals surface area contributed by atoms with Gasteiger partial charge in [0, 0.05) is 23.2 Å². The molecule has 1 N–H and O–H groups in total. The fourth-order valence-corrected chi connectivity index (χ4v) is 3.10. The first-order valence-electron chi connectivity index (χ1n) is 5.93. The second-order valence-electron chi connectivity index (χ2n) is 4.18. The van der Waals surface area contributed by atoms with Crippen LogP contribution in [0.3, 0.4) is 0 Å². The number of likely N-dealkylation sites (tertiary alicyclic amines) is 1. The molecule has 3 heteroatoms. The van der Waals surface area contributed by atoms with Crippen LogP contribution in [0, 0.1) is 0 Å². The molecule has 0 amide bonds. The highest BCUT2D eigenvalue weighted by Gasteiger charge is 2.22. The van der Waals surface area contributed by atoms with Crippen LogP contribution in [0.5, 0.6) is 0 Å². The number of nitrogens with zero attached hydrogens (tertiary/aromatic N) is 1. The molecule has 16 heavy (non-hydrogen) atoms. The average Bonchev–Trinajstić information content (AvgIpc) is 2.78. The Morgan fingerprint density at radius 3 is 2.88 bits per heavy atom. The smallest absolute Gasteiger partial charge is 0.0586 e. The minimum atomic E-state index is 0.315. The van der Waals surface area contributed by atoms with Crippen LogP contribution in [0.2, 0.25) is 0 Å². The number of rotatable bonds is 5. The minimum Gasteiger partial charge on any atom is -0.395 e. The second-order valence-corrected chi connectivity index (χ2v) is 5.34. The van der Waals surface area contributed by atoms with Crippen LogP contribution in [0.15, 0.2) is 35.2 Å². The van der Waals surface area contributed by atoms with Crippen molar-refractivity contribution in [2.75, 3.05) is 25.4 Å². The molecule has 1 aromatic carbocycles. The Labute approximate surface area is 102 Å². The first-order chi connectivity index (χ1) is 7.90. The summed E-state index contributed by atoms with van der Waals surface area (Å²) < 4.78 is 0. The van der Waals surface area contributed by atoms with Crippen molar-refractivity contribution in [1.29, 1.82) is 0 Å². The third-order valence-electron chi connectivity index (χ3n) is 3.10. The van der Waals surface area contributed by atoms with Gasteiger partial charge in [-0.15, -0.1) is 11.8 Å². The highest BCUT2D eigenvalue weighted by Crippen LogP contribution is 2.20. The molecule has 0 aromatic heterocycles. The minimum absolute atomic E-state index is 0.315. The molecule has 0 spiro atoms. The highest BCUT2D eigenvalue weighted by molar-refractivity contribution is 7.99. The third kappa shape index (κ3) is 3.24. The maximum absolute atomic E-state index is 9.20. The zero-order valence-corrected chi connectivity index (χ0v) is 10.3. The Morgan fingerprint density at radius 1 is 1.31 bits per heavy atom. The Kier molecular flexibility index (Phi) is 4.69. The molecule has 1 aliphatic heterocycles. The Hall–Kier alpha value is -0.510. The summed E-state index contributed by atoms with van der Waals surface area (Å²) in [6.45, 7) is 2.56. The Balaban J connectivity index is 1.72. The van der Waals surface area contributed by atoms with E-state index < -0.39 is 0 Å². The summed E-state index contributed by atoms with van der Waals surface area (Å²) in [7, 11) is 0. The van der Waals surface area contributed by atoms with Gasteiger partial charge in [-0.25, -0.2) is 0 Å². The lowest BCUT2D eigenvalue weighted by atomic mass is 10.2. The molecule has 0 bridgehead atoms. The van der Waals surface area contributed by atoms with Crippen LogP contribution in [0.1, 0.15) is 12.8 Å². The van der Waals surface area contributed by atoms with Crippen molar-refractivity contribution in [1.82, 2.24) is 4.90 Å². The Morgan fingerprint density at radius 2 is 2.12 bits per heavy atom. The van der Waals surface area contributed by atoms with Gasteiger partial charge in [0.25, 0.3) is 0 Å². The normalized spacial score (nSPS) is 21.4. The molecule has 2 rings (SSSR count). The molecule has 1 fully saturated rings. The predicted octanol–water partition coefficient (Wildman–Crippen LogP) is 2.24. The van der Waals surface area contributed by atoms with Crippen molar-refractivity contribution < 1.29 is 5.11 Å². The summed E-state index contributed by atoms with van der Waals surface area (Å²) in [6, 6.07) is 10.9. The highest BCUT2D eigenvalue weighted by atomic mass is 32.2. The molecule has 1 aromatic rings. The van der Waals surface area contributed by atoms with Gasteiger partial charge in [-0.1, -0.05) is 18.2 Å². The molecule has 0 unspecified atom stereocenters. The van der Waals surface area contributed by atoms with Crippen molar-refractivity contribution in [3.8, 4) is 0 Å². The van der Waals surface area contributed by atoms with E-state index in [2.05, 4.69) is 29.2 Å². The summed E-state index contributed by atoms with van der Waals surface area (Å²) in [5.41, 5.74) is 0. The van der Waals surface area contributed by atoms with Crippen LogP contribution < -0.4 is 0 Å². The van der Waals surface area contributed by atoms with E-state index in [9.17, 15) is 5.11 Å². The summed E-state index contributed by atoms with van der Waals surface area (Å²) in [5.74, 6) is 1.11. The summed E-state index contributed by atoms with van der Waals surface area (Å²) in [4.78, 5) is 3.75. The maximum Gasteiger partial charge on any atom is 0.0586 e. The van der Waals surface area contributed by atoms with Crippen molar-refractivity contribution in [2.45, 2.75) is 23.8 Å². The van der Waals surface area contributed by atoms with Gasteiger partial charge in [-0.2, -0.15) is 0 Å². The molecule has 1 saturated heterocycles. The lowest BCUT2D eigenvalue weighted by Crippen LogP contribution is -2.33. The number of thioether (sulfide) groups is 1. The fourth-order valence-electron chi connectivity index (χ4n) is 2.19. The fraction of sp³-hybridized carbons (Fsp3) is 0.538. The predicted molar refractivity (Wildman–Crippen MR) is 68.8 cm³/mol. The molecular weight excluding hydrogens is 218 g/mol. The van der Waals surface area contributed by atoms with Gasteiger partial charge in [-0.05, 0) is 31.5 Å². The molecule has 1 aliphatic rings. The van der Waals surface area contributed by atoms with E-state index in [4.69, 9.17) is 0 Å². The van der Waals surface area contributed by atoms with E-state index in [0.717, 1.165) is 25.3 Å². The number of benzene rings is 1. The van der Waals surface area contributed by atoms with Crippen molar-refractivity contribution in [3.63, 3.8) is 0 Å². The van der Waals surface area contributed by atoms with Crippen LogP contribution in [-0.4, -0.2) is 41.5 Å². The summed E-state index contributed by atoms with van der Waals surface area (Å²) in [6.07, 6.45) is 2.40. The second kappa shape index (κ2) is 6.28. The van der Waals surface area contributed by atoms with Crippen molar-refractivity contribution in [2.24, 2.45) is 0 Å². The summed E-state index contributed by atoms with van der Waals surface area (Å²) in [5, 5.41) is 9.20. The van der Waals surface area contributed by atoms with Gasteiger partial charge in [0.1, 0.15) is 0 Å². The van der Waals surface area contributed by atoms with Gasteiger partial charge in [-0.3, -0.25) is 4.90 Å². The standard InChI is InChI=1S/C13H19NOS/c15-11-12-5-4-8-14(12)9-10-16-13-6-2-1-3-7-13/h1-3,6-7,12,15H,4-5,8-11H2/t12-/m1/s1. The van der Waals surface area contributed by atoms with Gasteiger partial charge in [0.05, 0.1) is 6.61 Å².